The van der Waals surface area contributed by atoms with Gasteiger partial charge in [0.15, 0.2) is 0 Å². The Kier molecular flexibility index (Phi) is 8.48. The third kappa shape index (κ3) is 6.14. The molecule has 162 valence electrons. The van der Waals surface area contributed by atoms with Crippen molar-refractivity contribution in [1.82, 2.24) is 9.62 Å². The smallest absolute Gasteiger partial charge is 0.243 e. The lowest BCUT2D eigenvalue weighted by Crippen LogP contribution is -2.43. The number of nitrogens with zero attached hydrogens (tertiary/aromatic N) is 1. The number of benzene rings is 2. The molecule has 0 aliphatic carbocycles. The van der Waals surface area contributed by atoms with E-state index in [0.29, 0.717) is 37.5 Å². The number of hydrogen-bond acceptors (Lipinski definition) is 4. The Bertz CT molecular complexity index is 960. The number of hydrogen-bond donors (Lipinski definition) is 1. The van der Waals surface area contributed by atoms with Crippen LogP contribution in [-0.4, -0.2) is 44.0 Å². The summed E-state index contributed by atoms with van der Waals surface area (Å²) in [5.41, 5.74) is 1.09. The molecule has 0 atom stereocenters. The number of carbonyl (C=O) groups excluding carboxylic acids is 1. The molecule has 9 heteroatoms. The Labute approximate surface area is 192 Å². The average Bonchev–Trinajstić information content (AvgIpc) is 2.75. The largest absolute Gasteiger partial charge is 0.355 e. The summed E-state index contributed by atoms with van der Waals surface area (Å²) in [5.74, 6) is 1.43. The van der Waals surface area contributed by atoms with Gasteiger partial charge in [-0.25, -0.2) is 8.42 Å². The minimum absolute atomic E-state index is 0.00288. The number of amides is 1. The molecule has 1 fully saturated rings. The van der Waals surface area contributed by atoms with Gasteiger partial charge in [0.2, 0.25) is 15.9 Å². The molecule has 1 heterocycles. The topological polar surface area (TPSA) is 66.5 Å². The van der Waals surface area contributed by atoms with Crippen LogP contribution in [-0.2, 0) is 20.6 Å². The zero-order valence-electron chi connectivity index (χ0n) is 16.4. The van der Waals surface area contributed by atoms with E-state index in [1.165, 1.54) is 16.4 Å². The van der Waals surface area contributed by atoms with Crippen molar-refractivity contribution in [3.05, 3.63) is 64.1 Å². The zero-order chi connectivity index (χ0) is 21.6. The predicted molar refractivity (Wildman–Crippen MR) is 124 cm³/mol. The van der Waals surface area contributed by atoms with Crippen LogP contribution < -0.4 is 5.32 Å². The number of carbonyl (C=O) groups is 1. The number of thioether (sulfide) groups is 1. The molecule has 5 nitrogen and oxygen atoms in total. The van der Waals surface area contributed by atoms with Gasteiger partial charge >= 0.3 is 0 Å². The Morgan fingerprint density at radius 1 is 1.07 bits per heavy atom. The highest BCUT2D eigenvalue weighted by Gasteiger charge is 2.31. The van der Waals surface area contributed by atoms with Gasteiger partial charge in [-0.2, -0.15) is 16.1 Å². The zero-order valence-corrected chi connectivity index (χ0v) is 19.5. The first-order chi connectivity index (χ1) is 14.4. The molecule has 0 bridgehead atoms. The summed E-state index contributed by atoms with van der Waals surface area (Å²) in [5, 5.41) is 4.22. The van der Waals surface area contributed by atoms with Crippen molar-refractivity contribution in [1.29, 1.82) is 0 Å². The minimum atomic E-state index is -3.55. The van der Waals surface area contributed by atoms with Gasteiger partial charge in [-0.15, -0.1) is 0 Å². The lowest BCUT2D eigenvalue weighted by molar-refractivity contribution is -0.125. The van der Waals surface area contributed by atoms with Crippen LogP contribution in [0.4, 0.5) is 0 Å². The third-order valence-corrected chi connectivity index (χ3v) is 8.58. The maximum Gasteiger partial charge on any atom is 0.243 e. The average molecular weight is 487 g/mol. The van der Waals surface area contributed by atoms with E-state index in [1.807, 2.05) is 24.3 Å². The molecule has 1 amide bonds. The minimum Gasteiger partial charge on any atom is -0.355 e. The molecule has 2 aromatic carbocycles. The van der Waals surface area contributed by atoms with Crippen LogP contribution in [0.25, 0.3) is 0 Å². The summed E-state index contributed by atoms with van der Waals surface area (Å²) >= 11 is 13.7. The number of sulfonamides is 1. The molecule has 2 aromatic rings. The van der Waals surface area contributed by atoms with Crippen LogP contribution in [0.3, 0.4) is 0 Å². The molecule has 0 unspecified atom stereocenters. The SMILES string of the molecule is O=C(NCCSCc1ccccc1Cl)C1CCN(S(=O)(=O)c2ccc(Cl)cc2)CC1. The first kappa shape index (κ1) is 23.4. The molecule has 1 N–H and O–H groups in total. The van der Waals surface area contributed by atoms with Gasteiger partial charge in [-0.1, -0.05) is 41.4 Å². The summed E-state index contributed by atoms with van der Waals surface area (Å²) in [4.78, 5) is 12.7. The van der Waals surface area contributed by atoms with Crippen LogP contribution in [0, 0.1) is 5.92 Å². The molecule has 0 spiro atoms. The fourth-order valence-electron chi connectivity index (χ4n) is 3.30. The first-order valence-corrected chi connectivity index (χ1v) is 13.1. The van der Waals surface area contributed by atoms with E-state index in [0.717, 1.165) is 22.1 Å². The molecule has 0 radical (unpaired) electrons. The Hall–Kier alpha value is -1.25. The van der Waals surface area contributed by atoms with E-state index >= 15 is 0 Å². The van der Waals surface area contributed by atoms with Crippen LogP contribution in [0.5, 0.6) is 0 Å². The van der Waals surface area contributed by atoms with Crippen LogP contribution in [0.2, 0.25) is 10.0 Å². The third-order valence-electron chi connectivity index (χ3n) is 5.04. The number of nitrogens with one attached hydrogen (secondary N) is 1. The van der Waals surface area contributed by atoms with E-state index < -0.39 is 10.0 Å². The van der Waals surface area contributed by atoms with E-state index in [4.69, 9.17) is 23.2 Å². The van der Waals surface area contributed by atoms with Crippen molar-refractivity contribution in [2.24, 2.45) is 5.92 Å². The first-order valence-electron chi connectivity index (χ1n) is 9.72. The van der Waals surface area contributed by atoms with Gasteiger partial charge in [-0.3, -0.25) is 4.79 Å². The van der Waals surface area contributed by atoms with Gasteiger partial charge in [0, 0.05) is 47.1 Å². The number of halogens is 2. The molecule has 0 saturated carbocycles. The highest BCUT2D eigenvalue weighted by molar-refractivity contribution is 7.98. The maximum atomic E-state index is 12.7. The van der Waals surface area contributed by atoms with Crippen molar-refractivity contribution >= 4 is 50.9 Å². The lowest BCUT2D eigenvalue weighted by Gasteiger charge is -2.30. The molecule has 1 aliphatic rings. The Morgan fingerprint density at radius 2 is 1.73 bits per heavy atom. The van der Waals surface area contributed by atoms with Gasteiger partial charge < -0.3 is 5.32 Å². The van der Waals surface area contributed by atoms with Crippen LogP contribution in [0.15, 0.2) is 53.4 Å². The predicted octanol–water partition coefficient (Wildman–Crippen LogP) is 4.44. The Balaban J connectivity index is 1.40. The van der Waals surface area contributed by atoms with Gasteiger partial charge in [0.1, 0.15) is 0 Å². The summed E-state index contributed by atoms with van der Waals surface area (Å²) in [6, 6.07) is 13.9. The van der Waals surface area contributed by atoms with Gasteiger partial charge in [0.25, 0.3) is 0 Å². The summed E-state index contributed by atoms with van der Waals surface area (Å²) in [7, 11) is -3.55. The monoisotopic (exact) mass is 486 g/mol. The Morgan fingerprint density at radius 3 is 2.40 bits per heavy atom. The summed E-state index contributed by atoms with van der Waals surface area (Å²) < 4.78 is 26.9. The number of piperidine rings is 1. The quantitative estimate of drug-likeness (QED) is 0.559. The summed E-state index contributed by atoms with van der Waals surface area (Å²) in [6.45, 7) is 1.26. The van der Waals surface area contributed by atoms with Crippen molar-refractivity contribution < 1.29 is 13.2 Å². The fraction of sp³-hybridized carbons (Fsp3) is 0.381. The molecule has 30 heavy (non-hydrogen) atoms. The molecular formula is C21H24Cl2N2O3S2. The van der Waals surface area contributed by atoms with Crippen LogP contribution in [0.1, 0.15) is 18.4 Å². The fourth-order valence-corrected chi connectivity index (χ4v) is 6.04. The van der Waals surface area contributed by atoms with E-state index in [2.05, 4.69) is 5.32 Å². The molecule has 1 aliphatic heterocycles. The van der Waals surface area contributed by atoms with E-state index in [9.17, 15) is 13.2 Å². The second kappa shape index (κ2) is 10.9. The van der Waals surface area contributed by atoms with Crippen molar-refractivity contribution in [2.75, 3.05) is 25.4 Å². The van der Waals surface area contributed by atoms with Crippen molar-refractivity contribution in [2.45, 2.75) is 23.5 Å². The second-order valence-corrected chi connectivity index (χ2v) is 11.0. The van der Waals surface area contributed by atoms with Crippen molar-refractivity contribution in [3.63, 3.8) is 0 Å². The normalized spacial score (nSPS) is 15.8. The second-order valence-electron chi connectivity index (χ2n) is 7.07. The van der Waals surface area contributed by atoms with Crippen molar-refractivity contribution in [3.8, 4) is 0 Å². The molecular weight excluding hydrogens is 463 g/mol. The van der Waals surface area contributed by atoms with E-state index in [-0.39, 0.29) is 16.7 Å². The highest BCUT2D eigenvalue weighted by atomic mass is 35.5. The molecule has 0 aromatic heterocycles. The highest BCUT2D eigenvalue weighted by Crippen LogP contribution is 2.25. The lowest BCUT2D eigenvalue weighted by atomic mass is 9.97. The van der Waals surface area contributed by atoms with E-state index in [1.54, 1.807) is 23.9 Å². The summed E-state index contributed by atoms with van der Waals surface area (Å²) in [6.07, 6.45) is 1.04. The van der Waals surface area contributed by atoms with Crippen LogP contribution >= 0.6 is 35.0 Å². The van der Waals surface area contributed by atoms with Gasteiger partial charge in [0.05, 0.1) is 4.90 Å². The molecule has 3 rings (SSSR count). The maximum absolute atomic E-state index is 12.7. The van der Waals surface area contributed by atoms with Gasteiger partial charge in [-0.05, 0) is 48.7 Å². The molecule has 1 saturated heterocycles. The number of rotatable bonds is 8. The standard InChI is InChI=1S/C21H24Cl2N2O3S2/c22-18-5-7-19(8-6-18)30(27,28)25-12-9-16(10-13-25)21(26)24-11-14-29-15-17-3-1-2-4-20(17)23/h1-8,16H,9-15H2,(H,24,26).